The van der Waals surface area contributed by atoms with E-state index in [1.54, 1.807) is 6.21 Å². The molecule has 30 heavy (non-hydrogen) atoms. The van der Waals surface area contributed by atoms with Gasteiger partial charge in [-0.3, -0.25) is 9.48 Å². The van der Waals surface area contributed by atoms with Crippen LogP contribution in [0.5, 0.6) is 0 Å². The van der Waals surface area contributed by atoms with E-state index in [1.165, 1.54) is 0 Å². The fourth-order valence-electron chi connectivity index (χ4n) is 4.63. The summed E-state index contributed by atoms with van der Waals surface area (Å²) in [5.41, 5.74) is 5.77. The minimum Gasteiger partial charge on any atom is -0.342 e. The number of aromatic amines is 1. The van der Waals surface area contributed by atoms with Crippen molar-refractivity contribution >= 4 is 23.2 Å². The SMILES string of the molecule is CCn1cc(C=NNC(=O)C2(C)CCC(c3nc4ccccc4[nH]3)C2(C)C)c(C)n1. The molecule has 158 valence electrons. The highest BCUT2D eigenvalue weighted by Crippen LogP contribution is 2.59. The number of aromatic nitrogens is 4. The zero-order valence-corrected chi connectivity index (χ0v) is 18.4. The van der Waals surface area contributed by atoms with Crippen LogP contribution in [0.25, 0.3) is 11.0 Å². The number of amides is 1. The average molecular weight is 407 g/mol. The number of benzene rings is 1. The van der Waals surface area contributed by atoms with Crippen molar-refractivity contribution in [1.82, 2.24) is 25.2 Å². The average Bonchev–Trinajstić information content (AvgIpc) is 3.36. The van der Waals surface area contributed by atoms with Gasteiger partial charge in [-0.15, -0.1) is 0 Å². The molecule has 0 spiro atoms. The number of nitrogens with one attached hydrogen (secondary N) is 2. The molecule has 0 bridgehead atoms. The molecule has 0 saturated heterocycles. The molecule has 1 aromatic carbocycles. The van der Waals surface area contributed by atoms with Gasteiger partial charge in [-0.1, -0.05) is 32.9 Å². The molecule has 1 saturated carbocycles. The van der Waals surface area contributed by atoms with Gasteiger partial charge in [0.05, 0.1) is 28.4 Å². The summed E-state index contributed by atoms with van der Waals surface area (Å²) in [4.78, 5) is 21.5. The van der Waals surface area contributed by atoms with E-state index >= 15 is 0 Å². The van der Waals surface area contributed by atoms with E-state index in [0.29, 0.717) is 0 Å². The third-order valence-electron chi connectivity index (χ3n) is 7.14. The number of nitrogens with zero attached hydrogens (tertiary/aromatic N) is 4. The summed E-state index contributed by atoms with van der Waals surface area (Å²) >= 11 is 0. The molecular weight excluding hydrogens is 376 g/mol. The van der Waals surface area contributed by atoms with Gasteiger partial charge in [0, 0.05) is 24.2 Å². The van der Waals surface area contributed by atoms with Gasteiger partial charge in [0.1, 0.15) is 5.82 Å². The highest BCUT2D eigenvalue weighted by molar-refractivity contribution is 5.86. The van der Waals surface area contributed by atoms with Crippen molar-refractivity contribution in [2.45, 2.75) is 59.9 Å². The van der Waals surface area contributed by atoms with E-state index in [1.807, 2.05) is 55.9 Å². The molecule has 2 aromatic heterocycles. The first-order valence-corrected chi connectivity index (χ1v) is 10.6. The first-order valence-electron chi connectivity index (χ1n) is 10.6. The molecule has 2 N–H and O–H groups in total. The Kier molecular flexibility index (Phi) is 5.00. The first kappa shape index (κ1) is 20.3. The van der Waals surface area contributed by atoms with Crippen LogP contribution in [0.3, 0.4) is 0 Å². The number of hydrogen-bond acceptors (Lipinski definition) is 4. The second kappa shape index (κ2) is 7.38. The Hall–Kier alpha value is -2.96. The van der Waals surface area contributed by atoms with Crippen LogP contribution < -0.4 is 5.43 Å². The van der Waals surface area contributed by atoms with Crippen LogP contribution in [0, 0.1) is 17.8 Å². The van der Waals surface area contributed by atoms with Crippen LogP contribution in [-0.4, -0.2) is 31.9 Å². The van der Waals surface area contributed by atoms with E-state index in [0.717, 1.165) is 47.5 Å². The fourth-order valence-corrected chi connectivity index (χ4v) is 4.63. The number of carbonyl (C=O) groups excluding carboxylic acids is 1. The Balaban J connectivity index is 1.52. The van der Waals surface area contributed by atoms with Gasteiger partial charge in [-0.25, -0.2) is 10.4 Å². The smallest absolute Gasteiger partial charge is 0.246 e. The van der Waals surface area contributed by atoms with Gasteiger partial charge in [-0.05, 0) is 44.2 Å². The van der Waals surface area contributed by atoms with Crippen molar-refractivity contribution in [2.24, 2.45) is 15.9 Å². The summed E-state index contributed by atoms with van der Waals surface area (Å²) in [5.74, 6) is 1.08. The molecule has 2 atom stereocenters. The number of carbonyl (C=O) groups is 1. The lowest BCUT2D eigenvalue weighted by atomic mass is 9.65. The quantitative estimate of drug-likeness (QED) is 0.493. The van der Waals surface area contributed by atoms with Crippen molar-refractivity contribution in [3.05, 3.63) is 47.5 Å². The van der Waals surface area contributed by atoms with E-state index in [9.17, 15) is 4.79 Å². The highest BCUT2D eigenvalue weighted by Gasteiger charge is 2.57. The maximum Gasteiger partial charge on any atom is 0.246 e. The molecule has 1 aliphatic rings. The molecular formula is C23H30N6O. The topological polar surface area (TPSA) is 88.0 Å². The Morgan fingerprint density at radius 2 is 2.13 bits per heavy atom. The van der Waals surface area contributed by atoms with Gasteiger partial charge in [0.15, 0.2) is 0 Å². The van der Waals surface area contributed by atoms with Crippen LogP contribution in [-0.2, 0) is 11.3 Å². The van der Waals surface area contributed by atoms with Gasteiger partial charge in [0.2, 0.25) is 5.91 Å². The number of aryl methyl sites for hydroxylation is 2. The first-order chi connectivity index (χ1) is 14.3. The molecule has 1 fully saturated rings. The monoisotopic (exact) mass is 406 g/mol. The van der Waals surface area contributed by atoms with E-state index < -0.39 is 5.41 Å². The Morgan fingerprint density at radius 3 is 2.83 bits per heavy atom. The number of fused-ring (bicyclic) bond motifs is 1. The third kappa shape index (κ3) is 3.22. The number of para-hydroxylation sites is 2. The lowest BCUT2D eigenvalue weighted by Gasteiger charge is -2.39. The van der Waals surface area contributed by atoms with Gasteiger partial charge in [0.25, 0.3) is 0 Å². The third-order valence-corrected chi connectivity index (χ3v) is 7.14. The Morgan fingerprint density at radius 1 is 1.37 bits per heavy atom. The summed E-state index contributed by atoms with van der Waals surface area (Å²) in [6.07, 6.45) is 5.30. The molecule has 7 heteroatoms. The predicted molar refractivity (Wildman–Crippen MR) is 118 cm³/mol. The molecule has 0 aliphatic heterocycles. The highest BCUT2D eigenvalue weighted by atomic mass is 16.2. The molecule has 4 rings (SSSR count). The zero-order chi connectivity index (χ0) is 21.5. The van der Waals surface area contributed by atoms with Gasteiger partial charge < -0.3 is 4.98 Å². The summed E-state index contributed by atoms with van der Waals surface area (Å²) in [5, 5.41) is 8.64. The molecule has 2 unspecified atom stereocenters. The van der Waals surface area contributed by atoms with Crippen LogP contribution in [0.1, 0.15) is 63.5 Å². The molecule has 0 radical (unpaired) electrons. The maximum absolute atomic E-state index is 13.2. The van der Waals surface area contributed by atoms with Crippen LogP contribution >= 0.6 is 0 Å². The maximum atomic E-state index is 13.2. The summed E-state index contributed by atoms with van der Waals surface area (Å²) < 4.78 is 1.86. The molecule has 7 nitrogen and oxygen atoms in total. The second-order valence-corrected chi connectivity index (χ2v) is 9.01. The lowest BCUT2D eigenvalue weighted by Crippen LogP contribution is -2.45. The van der Waals surface area contributed by atoms with Crippen molar-refractivity contribution in [3.63, 3.8) is 0 Å². The predicted octanol–water partition coefficient (Wildman–Crippen LogP) is 4.15. The van der Waals surface area contributed by atoms with E-state index in [4.69, 9.17) is 4.98 Å². The van der Waals surface area contributed by atoms with Crippen LogP contribution in [0.4, 0.5) is 0 Å². The summed E-state index contributed by atoms with van der Waals surface area (Å²) in [6.45, 7) is 11.1. The van der Waals surface area contributed by atoms with Crippen molar-refractivity contribution in [2.75, 3.05) is 0 Å². The molecule has 2 heterocycles. The van der Waals surface area contributed by atoms with E-state index in [-0.39, 0.29) is 17.2 Å². The number of hydrazone groups is 1. The normalized spacial score (nSPS) is 23.4. The standard InChI is InChI=1S/C23H30N6O/c1-6-29-14-16(15(2)28-29)13-24-27-21(30)23(5)12-11-17(22(23,3)4)20-25-18-9-7-8-10-19(18)26-20/h7-10,13-14,17H,6,11-12H2,1-5H3,(H,25,26)(H,27,30). The van der Waals surface area contributed by atoms with Crippen LogP contribution in [0.2, 0.25) is 0 Å². The minimum absolute atomic E-state index is 0.0529. The summed E-state index contributed by atoms with van der Waals surface area (Å²) in [6, 6.07) is 8.05. The zero-order valence-electron chi connectivity index (χ0n) is 18.4. The molecule has 1 aliphatic carbocycles. The van der Waals surface area contributed by atoms with Crippen molar-refractivity contribution in [1.29, 1.82) is 0 Å². The van der Waals surface area contributed by atoms with Gasteiger partial charge in [-0.2, -0.15) is 10.2 Å². The number of H-pyrrole nitrogens is 1. The van der Waals surface area contributed by atoms with Gasteiger partial charge >= 0.3 is 0 Å². The fraction of sp³-hybridized carbons (Fsp3) is 0.478. The van der Waals surface area contributed by atoms with Crippen molar-refractivity contribution < 1.29 is 4.79 Å². The van der Waals surface area contributed by atoms with Crippen LogP contribution in [0.15, 0.2) is 35.6 Å². The Bertz CT molecular complexity index is 1080. The lowest BCUT2D eigenvalue weighted by molar-refractivity contribution is -0.135. The number of hydrogen-bond donors (Lipinski definition) is 2. The minimum atomic E-state index is -0.545. The second-order valence-electron chi connectivity index (χ2n) is 9.01. The number of rotatable bonds is 5. The molecule has 1 amide bonds. The summed E-state index contributed by atoms with van der Waals surface area (Å²) in [7, 11) is 0. The largest absolute Gasteiger partial charge is 0.342 e. The Labute approximate surface area is 177 Å². The number of imidazole rings is 1. The van der Waals surface area contributed by atoms with Crippen molar-refractivity contribution in [3.8, 4) is 0 Å². The van der Waals surface area contributed by atoms with E-state index in [2.05, 4.69) is 34.5 Å². The molecule has 3 aromatic rings.